The normalized spacial score (nSPS) is 20.7. The van der Waals surface area contributed by atoms with E-state index in [0.29, 0.717) is 25.6 Å². The Labute approximate surface area is 148 Å². The molecular formula is C19H28F2N2O2. The van der Waals surface area contributed by atoms with Crippen LogP contribution in [0, 0.1) is 5.92 Å². The molecule has 0 radical (unpaired) electrons. The average Bonchev–Trinajstić information content (AvgIpc) is 2.56. The second kappa shape index (κ2) is 9.70. The van der Waals surface area contributed by atoms with Crippen molar-refractivity contribution in [1.82, 2.24) is 10.2 Å². The zero-order valence-corrected chi connectivity index (χ0v) is 15.0. The highest BCUT2D eigenvalue weighted by atomic mass is 19.3. The van der Waals surface area contributed by atoms with E-state index in [1.807, 2.05) is 7.05 Å². The van der Waals surface area contributed by atoms with Crippen molar-refractivity contribution < 1.29 is 18.3 Å². The molecule has 2 rings (SSSR count). The number of benzene rings is 1. The summed E-state index contributed by atoms with van der Waals surface area (Å²) < 4.78 is 28.5. The minimum absolute atomic E-state index is 0.0266. The number of hydrogen-bond acceptors (Lipinski definition) is 3. The Morgan fingerprint density at radius 3 is 2.48 bits per heavy atom. The van der Waals surface area contributed by atoms with Crippen LogP contribution in [0.15, 0.2) is 24.3 Å². The number of alkyl halides is 2. The molecule has 1 aromatic carbocycles. The third-order valence-corrected chi connectivity index (χ3v) is 4.89. The van der Waals surface area contributed by atoms with Crippen LogP contribution >= 0.6 is 0 Å². The Morgan fingerprint density at radius 2 is 1.88 bits per heavy atom. The van der Waals surface area contributed by atoms with Gasteiger partial charge >= 0.3 is 6.61 Å². The lowest BCUT2D eigenvalue weighted by Crippen LogP contribution is -2.42. The second-order valence-electron chi connectivity index (χ2n) is 6.95. The maximum Gasteiger partial charge on any atom is 0.387 e. The van der Waals surface area contributed by atoms with Gasteiger partial charge in [-0.1, -0.05) is 19.1 Å². The molecule has 1 fully saturated rings. The number of halogens is 2. The van der Waals surface area contributed by atoms with Gasteiger partial charge in [0.05, 0.1) is 6.54 Å². The summed E-state index contributed by atoms with van der Waals surface area (Å²) in [4.78, 5) is 14.2. The second-order valence-corrected chi connectivity index (χ2v) is 6.95. The van der Waals surface area contributed by atoms with Crippen molar-refractivity contribution in [3.05, 3.63) is 29.8 Å². The van der Waals surface area contributed by atoms with E-state index in [1.54, 1.807) is 12.1 Å². The predicted molar refractivity (Wildman–Crippen MR) is 93.8 cm³/mol. The minimum Gasteiger partial charge on any atom is -0.435 e. The minimum atomic E-state index is -2.81. The lowest BCUT2D eigenvalue weighted by atomic mass is 9.87. The number of carbonyl (C=O) groups excluding carboxylic acids is 1. The summed E-state index contributed by atoms with van der Waals surface area (Å²) in [5, 5.41) is 2.92. The summed E-state index contributed by atoms with van der Waals surface area (Å²) in [6, 6.07) is 7.00. The summed E-state index contributed by atoms with van der Waals surface area (Å²) in [7, 11) is 2.02. The SMILES string of the molecule is CC1CCC(N(C)CC(=O)NCCc2ccc(OC(F)F)cc2)CC1. The van der Waals surface area contributed by atoms with Crippen LogP contribution in [0.25, 0.3) is 0 Å². The van der Waals surface area contributed by atoms with Crippen LogP contribution < -0.4 is 10.1 Å². The molecule has 6 heteroatoms. The number of nitrogens with zero attached hydrogens (tertiary/aromatic N) is 1. The number of carbonyl (C=O) groups is 1. The Bertz CT molecular complexity index is 529. The summed E-state index contributed by atoms with van der Waals surface area (Å²) in [6.45, 7) is 0.424. The van der Waals surface area contributed by atoms with Crippen LogP contribution in [-0.4, -0.2) is 43.6 Å². The largest absolute Gasteiger partial charge is 0.435 e. The van der Waals surface area contributed by atoms with E-state index in [-0.39, 0.29) is 11.7 Å². The smallest absolute Gasteiger partial charge is 0.387 e. The predicted octanol–water partition coefficient (Wildman–Crippen LogP) is 3.46. The molecule has 1 aromatic rings. The van der Waals surface area contributed by atoms with Crippen LogP contribution in [0.3, 0.4) is 0 Å². The van der Waals surface area contributed by atoms with Crippen LogP contribution in [0.4, 0.5) is 8.78 Å². The monoisotopic (exact) mass is 354 g/mol. The van der Waals surface area contributed by atoms with Gasteiger partial charge in [-0.05, 0) is 62.8 Å². The fraction of sp³-hybridized carbons (Fsp3) is 0.632. The molecule has 0 atom stereocenters. The lowest BCUT2D eigenvalue weighted by molar-refractivity contribution is -0.122. The van der Waals surface area contributed by atoms with E-state index < -0.39 is 6.61 Å². The van der Waals surface area contributed by atoms with Gasteiger partial charge in [-0.2, -0.15) is 8.78 Å². The third kappa shape index (κ3) is 6.98. The molecule has 1 aliphatic rings. The maximum atomic E-state index is 12.1. The van der Waals surface area contributed by atoms with Crippen molar-refractivity contribution in [3.8, 4) is 5.75 Å². The van der Waals surface area contributed by atoms with Gasteiger partial charge in [0.15, 0.2) is 0 Å². The summed E-state index contributed by atoms with van der Waals surface area (Å²) in [5.74, 6) is 0.973. The molecule has 0 heterocycles. The molecule has 0 aromatic heterocycles. The number of nitrogens with one attached hydrogen (secondary N) is 1. The Morgan fingerprint density at radius 1 is 1.24 bits per heavy atom. The first-order chi connectivity index (χ1) is 11.9. The zero-order chi connectivity index (χ0) is 18.2. The van der Waals surface area contributed by atoms with E-state index in [0.717, 1.165) is 24.3 Å². The lowest BCUT2D eigenvalue weighted by Gasteiger charge is -2.33. The van der Waals surface area contributed by atoms with E-state index in [1.165, 1.54) is 25.0 Å². The number of hydrogen-bond donors (Lipinski definition) is 1. The number of likely N-dealkylation sites (N-methyl/N-ethyl adjacent to an activating group) is 1. The number of amides is 1. The van der Waals surface area contributed by atoms with Crippen LogP contribution in [-0.2, 0) is 11.2 Å². The highest BCUT2D eigenvalue weighted by Gasteiger charge is 2.22. The molecule has 1 aliphatic carbocycles. The van der Waals surface area contributed by atoms with E-state index >= 15 is 0 Å². The van der Waals surface area contributed by atoms with Crippen molar-refractivity contribution in [2.75, 3.05) is 20.1 Å². The number of rotatable bonds is 8. The van der Waals surface area contributed by atoms with E-state index in [4.69, 9.17) is 0 Å². The summed E-state index contributed by atoms with van der Waals surface area (Å²) >= 11 is 0. The molecule has 1 N–H and O–H groups in total. The van der Waals surface area contributed by atoms with Gasteiger partial charge in [0.1, 0.15) is 5.75 Å². The Balaban J connectivity index is 1.66. The number of ether oxygens (including phenoxy) is 1. The molecule has 0 unspecified atom stereocenters. The Hall–Kier alpha value is -1.69. The van der Waals surface area contributed by atoms with Crippen molar-refractivity contribution in [3.63, 3.8) is 0 Å². The Kier molecular flexibility index (Phi) is 7.62. The van der Waals surface area contributed by atoms with Gasteiger partial charge in [0.2, 0.25) is 5.91 Å². The first kappa shape index (κ1) is 19.6. The fourth-order valence-corrected chi connectivity index (χ4v) is 3.28. The molecule has 4 nitrogen and oxygen atoms in total. The first-order valence-electron chi connectivity index (χ1n) is 8.94. The van der Waals surface area contributed by atoms with Gasteiger partial charge in [0, 0.05) is 12.6 Å². The van der Waals surface area contributed by atoms with Crippen molar-refractivity contribution >= 4 is 5.91 Å². The summed E-state index contributed by atoms with van der Waals surface area (Å²) in [6.07, 6.45) is 5.46. The first-order valence-corrected chi connectivity index (χ1v) is 8.94. The molecule has 0 bridgehead atoms. The quantitative estimate of drug-likeness (QED) is 0.777. The molecule has 140 valence electrons. The van der Waals surface area contributed by atoms with Gasteiger partial charge in [-0.15, -0.1) is 0 Å². The van der Waals surface area contributed by atoms with Gasteiger partial charge in [-0.3, -0.25) is 9.69 Å². The van der Waals surface area contributed by atoms with Gasteiger partial charge in [0.25, 0.3) is 0 Å². The molecule has 25 heavy (non-hydrogen) atoms. The highest BCUT2D eigenvalue weighted by Crippen LogP contribution is 2.26. The summed E-state index contributed by atoms with van der Waals surface area (Å²) in [5.41, 5.74) is 0.969. The molecule has 0 spiro atoms. The van der Waals surface area contributed by atoms with Crippen molar-refractivity contribution in [2.45, 2.75) is 51.7 Å². The van der Waals surface area contributed by atoms with Crippen LogP contribution in [0.2, 0.25) is 0 Å². The topological polar surface area (TPSA) is 41.6 Å². The molecular weight excluding hydrogens is 326 g/mol. The average molecular weight is 354 g/mol. The maximum absolute atomic E-state index is 12.1. The van der Waals surface area contributed by atoms with Crippen LogP contribution in [0.1, 0.15) is 38.2 Å². The van der Waals surface area contributed by atoms with Gasteiger partial charge < -0.3 is 10.1 Å². The fourth-order valence-electron chi connectivity index (χ4n) is 3.28. The van der Waals surface area contributed by atoms with E-state index in [9.17, 15) is 13.6 Å². The van der Waals surface area contributed by atoms with Crippen LogP contribution in [0.5, 0.6) is 5.75 Å². The van der Waals surface area contributed by atoms with E-state index in [2.05, 4.69) is 21.9 Å². The molecule has 1 amide bonds. The third-order valence-electron chi connectivity index (χ3n) is 4.89. The van der Waals surface area contributed by atoms with Crippen molar-refractivity contribution in [1.29, 1.82) is 0 Å². The standard InChI is InChI=1S/C19H28F2N2O2/c1-14-3-7-16(8-4-14)23(2)13-18(24)22-12-11-15-5-9-17(10-6-15)25-19(20)21/h5-6,9-10,14,16,19H,3-4,7-8,11-13H2,1-2H3,(H,22,24). The van der Waals surface area contributed by atoms with Crippen molar-refractivity contribution in [2.24, 2.45) is 5.92 Å². The molecule has 0 saturated heterocycles. The highest BCUT2D eigenvalue weighted by molar-refractivity contribution is 5.78. The molecule has 0 aliphatic heterocycles. The molecule has 1 saturated carbocycles. The zero-order valence-electron chi connectivity index (χ0n) is 15.0. The van der Waals surface area contributed by atoms with Gasteiger partial charge in [-0.25, -0.2) is 0 Å².